The lowest BCUT2D eigenvalue weighted by atomic mass is 10.1. The summed E-state index contributed by atoms with van der Waals surface area (Å²) in [4.78, 5) is 20.0. The number of anilines is 3. The Hall–Kier alpha value is -3.03. The highest BCUT2D eigenvalue weighted by Gasteiger charge is 2.21. The van der Waals surface area contributed by atoms with Crippen LogP contribution < -0.4 is 14.7 Å². The van der Waals surface area contributed by atoms with Crippen LogP contribution in [0.4, 0.5) is 17.5 Å². The van der Waals surface area contributed by atoms with E-state index in [4.69, 9.17) is 0 Å². The van der Waals surface area contributed by atoms with Gasteiger partial charge >= 0.3 is 0 Å². The molecule has 0 radical (unpaired) electrons. The molecule has 0 aromatic carbocycles. The van der Waals surface area contributed by atoms with Crippen LogP contribution in [0.25, 0.3) is 10.9 Å². The molecule has 2 saturated heterocycles. The van der Waals surface area contributed by atoms with Gasteiger partial charge in [-0.05, 0) is 37.5 Å². The molecule has 0 N–H and O–H groups in total. The topological polar surface area (TPSA) is 74.2 Å². The van der Waals surface area contributed by atoms with Crippen molar-refractivity contribution in [1.82, 2.24) is 25.1 Å². The average molecular weight is 376 g/mol. The zero-order valence-corrected chi connectivity index (χ0v) is 15.9. The Morgan fingerprint density at radius 3 is 2.07 bits per heavy atom. The summed E-state index contributed by atoms with van der Waals surface area (Å²) in [6.07, 6.45) is 9.03. The summed E-state index contributed by atoms with van der Waals surface area (Å²) < 4.78 is 0. The van der Waals surface area contributed by atoms with Gasteiger partial charge in [-0.15, -0.1) is 10.2 Å². The summed E-state index contributed by atoms with van der Waals surface area (Å²) in [6.45, 7) is 5.76. The minimum Gasteiger partial charge on any atom is -0.355 e. The first-order valence-corrected chi connectivity index (χ1v) is 10.0. The van der Waals surface area contributed by atoms with Gasteiger partial charge in [-0.1, -0.05) is 0 Å². The number of rotatable bonds is 3. The van der Waals surface area contributed by atoms with E-state index >= 15 is 0 Å². The monoisotopic (exact) mass is 376 g/mol. The predicted molar refractivity (Wildman–Crippen MR) is 110 cm³/mol. The lowest BCUT2D eigenvalue weighted by Crippen LogP contribution is -2.47. The lowest BCUT2D eigenvalue weighted by molar-refractivity contribution is 0.570. The largest absolute Gasteiger partial charge is 0.355 e. The molecule has 0 atom stereocenters. The summed E-state index contributed by atoms with van der Waals surface area (Å²) in [5.41, 5.74) is 0.883. The third-order valence-corrected chi connectivity index (χ3v) is 5.64. The van der Waals surface area contributed by atoms with Crippen LogP contribution in [-0.2, 0) is 0 Å². The van der Waals surface area contributed by atoms with E-state index in [1.54, 1.807) is 18.7 Å². The third kappa shape index (κ3) is 3.30. The summed E-state index contributed by atoms with van der Waals surface area (Å²) in [6, 6.07) is 6.21. The molecule has 2 fully saturated rings. The van der Waals surface area contributed by atoms with E-state index in [1.165, 1.54) is 19.3 Å². The molecule has 3 aromatic rings. The standard InChI is InChI=1S/C20H24N8/c1-2-8-26(9-3-1)18-4-5-19(25-24-18)27-10-12-28(13-11-27)20-16-6-7-21-14-17(16)22-15-23-20/h4-7,14-15H,1-3,8-13H2. The van der Waals surface area contributed by atoms with Gasteiger partial charge in [0.2, 0.25) is 0 Å². The Balaban J connectivity index is 1.27. The quantitative estimate of drug-likeness (QED) is 0.688. The Kier molecular flexibility index (Phi) is 4.60. The SMILES string of the molecule is c1cc2c(N3CCN(c4ccc(N5CCCCC5)nn4)CC3)ncnc2cn1. The van der Waals surface area contributed by atoms with Crippen molar-refractivity contribution >= 4 is 28.4 Å². The highest BCUT2D eigenvalue weighted by atomic mass is 15.3. The number of pyridine rings is 1. The summed E-state index contributed by atoms with van der Waals surface area (Å²) >= 11 is 0. The Morgan fingerprint density at radius 1 is 0.679 bits per heavy atom. The fourth-order valence-corrected chi connectivity index (χ4v) is 4.07. The number of piperazine rings is 1. The van der Waals surface area contributed by atoms with Crippen LogP contribution in [0.15, 0.2) is 36.9 Å². The van der Waals surface area contributed by atoms with Crippen molar-refractivity contribution in [2.24, 2.45) is 0 Å². The van der Waals surface area contributed by atoms with Crippen molar-refractivity contribution in [1.29, 1.82) is 0 Å². The van der Waals surface area contributed by atoms with Crippen LogP contribution in [0.1, 0.15) is 19.3 Å². The van der Waals surface area contributed by atoms with Gasteiger partial charge < -0.3 is 14.7 Å². The van der Waals surface area contributed by atoms with Gasteiger partial charge in [0.25, 0.3) is 0 Å². The molecule has 0 saturated carbocycles. The maximum atomic E-state index is 4.53. The first-order chi connectivity index (χ1) is 13.9. The number of piperidine rings is 1. The van der Waals surface area contributed by atoms with E-state index in [0.29, 0.717) is 0 Å². The molecule has 2 aliphatic heterocycles. The van der Waals surface area contributed by atoms with Crippen molar-refractivity contribution in [3.63, 3.8) is 0 Å². The molecule has 0 bridgehead atoms. The first-order valence-electron chi connectivity index (χ1n) is 10.0. The van der Waals surface area contributed by atoms with Crippen molar-refractivity contribution in [3.8, 4) is 0 Å². The van der Waals surface area contributed by atoms with Crippen LogP contribution >= 0.6 is 0 Å². The van der Waals surface area contributed by atoms with Gasteiger partial charge in [-0.2, -0.15) is 0 Å². The molecule has 5 rings (SSSR count). The van der Waals surface area contributed by atoms with Crippen LogP contribution in [0.3, 0.4) is 0 Å². The molecule has 3 aromatic heterocycles. The second-order valence-electron chi connectivity index (χ2n) is 7.36. The first kappa shape index (κ1) is 17.1. The van der Waals surface area contributed by atoms with Gasteiger partial charge in [-0.25, -0.2) is 9.97 Å². The van der Waals surface area contributed by atoms with E-state index in [0.717, 1.165) is 67.6 Å². The predicted octanol–water partition coefficient (Wildman–Crippen LogP) is 2.13. The fourth-order valence-electron chi connectivity index (χ4n) is 4.07. The zero-order chi connectivity index (χ0) is 18.8. The Morgan fingerprint density at radius 2 is 1.36 bits per heavy atom. The van der Waals surface area contributed by atoms with Gasteiger partial charge in [0.05, 0.1) is 11.7 Å². The molecule has 5 heterocycles. The zero-order valence-electron chi connectivity index (χ0n) is 15.9. The maximum absolute atomic E-state index is 4.53. The van der Waals surface area contributed by atoms with E-state index in [9.17, 15) is 0 Å². The smallest absolute Gasteiger partial charge is 0.151 e. The number of aromatic nitrogens is 5. The minimum atomic E-state index is 0.883. The van der Waals surface area contributed by atoms with E-state index in [-0.39, 0.29) is 0 Å². The van der Waals surface area contributed by atoms with E-state index in [2.05, 4.69) is 52.0 Å². The van der Waals surface area contributed by atoms with Crippen molar-refractivity contribution in [3.05, 3.63) is 36.9 Å². The molecule has 2 aliphatic rings. The van der Waals surface area contributed by atoms with Gasteiger partial charge in [0, 0.05) is 50.9 Å². The maximum Gasteiger partial charge on any atom is 0.151 e. The highest BCUT2D eigenvalue weighted by Crippen LogP contribution is 2.24. The molecule has 8 heteroatoms. The molecule has 0 spiro atoms. The Bertz CT molecular complexity index is 925. The highest BCUT2D eigenvalue weighted by molar-refractivity contribution is 5.88. The normalized spacial score (nSPS) is 17.9. The van der Waals surface area contributed by atoms with E-state index < -0.39 is 0 Å². The Labute approximate surface area is 164 Å². The van der Waals surface area contributed by atoms with Crippen molar-refractivity contribution in [2.75, 3.05) is 54.0 Å². The van der Waals surface area contributed by atoms with Gasteiger partial charge in [0.1, 0.15) is 12.1 Å². The van der Waals surface area contributed by atoms with Crippen molar-refractivity contribution in [2.45, 2.75) is 19.3 Å². The summed E-state index contributed by atoms with van der Waals surface area (Å²) in [7, 11) is 0. The minimum absolute atomic E-state index is 0.883. The van der Waals surface area contributed by atoms with Crippen LogP contribution in [0.2, 0.25) is 0 Å². The summed E-state index contributed by atoms with van der Waals surface area (Å²) in [5.74, 6) is 2.94. The van der Waals surface area contributed by atoms with Crippen LogP contribution in [0.5, 0.6) is 0 Å². The molecule has 0 aliphatic carbocycles. The lowest BCUT2D eigenvalue weighted by Gasteiger charge is -2.36. The second-order valence-corrected chi connectivity index (χ2v) is 7.36. The molecule has 8 nitrogen and oxygen atoms in total. The van der Waals surface area contributed by atoms with Crippen LogP contribution in [0, 0.1) is 0 Å². The molecular weight excluding hydrogens is 352 g/mol. The van der Waals surface area contributed by atoms with Gasteiger partial charge in [-0.3, -0.25) is 4.98 Å². The molecule has 144 valence electrons. The van der Waals surface area contributed by atoms with Gasteiger partial charge in [0.15, 0.2) is 11.6 Å². The fraction of sp³-hybridized carbons (Fsp3) is 0.450. The number of nitrogens with zero attached hydrogens (tertiary/aromatic N) is 8. The molecular formula is C20H24N8. The number of hydrogen-bond donors (Lipinski definition) is 0. The summed E-state index contributed by atoms with van der Waals surface area (Å²) in [5, 5.41) is 10.0. The van der Waals surface area contributed by atoms with Crippen LogP contribution in [-0.4, -0.2) is 64.4 Å². The third-order valence-electron chi connectivity index (χ3n) is 5.64. The van der Waals surface area contributed by atoms with Crippen molar-refractivity contribution < 1.29 is 0 Å². The molecule has 0 amide bonds. The second kappa shape index (κ2) is 7.53. The number of fused-ring (bicyclic) bond motifs is 1. The average Bonchev–Trinajstić information content (AvgIpc) is 2.80. The molecule has 28 heavy (non-hydrogen) atoms. The van der Waals surface area contributed by atoms with E-state index in [1.807, 2.05) is 6.07 Å². The number of hydrogen-bond acceptors (Lipinski definition) is 8. The molecule has 0 unspecified atom stereocenters.